The van der Waals surface area contributed by atoms with E-state index in [0.29, 0.717) is 0 Å². The van der Waals surface area contributed by atoms with E-state index in [1.165, 1.54) is 12.1 Å². The van der Waals surface area contributed by atoms with E-state index in [9.17, 15) is 13.2 Å². The second-order valence-electron chi connectivity index (χ2n) is 2.49. The monoisotopic (exact) mass is 259 g/mol. The number of rotatable bonds is 1. The quantitative estimate of drug-likeness (QED) is 0.416. The Kier molecular flexibility index (Phi) is 8.87. The highest BCUT2D eigenvalue weighted by Gasteiger charge is 2.29. The molecule has 8 heteroatoms. The first-order valence-electron chi connectivity index (χ1n) is 3.43. The van der Waals surface area contributed by atoms with E-state index < -0.39 is 11.7 Å². The van der Waals surface area contributed by atoms with Crippen LogP contribution in [0.2, 0.25) is 0 Å². The minimum absolute atomic E-state index is 0. The number of alkyl halides is 3. The highest BCUT2D eigenvalue weighted by Crippen LogP contribution is 2.28. The SMILES string of the molecule is N=C(N)c1ccc(C(F)(F)F)cc1.O.O.[Cl-]. The zero-order valence-corrected chi connectivity index (χ0v) is 8.65. The lowest BCUT2D eigenvalue weighted by atomic mass is 10.1. The molecule has 0 amide bonds. The van der Waals surface area contributed by atoms with Gasteiger partial charge >= 0.3 is 6.18 Å². The van der Waals surface area contributed by atoms with Crippen molar-refractivity contribution in [2.45, 2.75) is 6.18 Å². The van der Waals surface area contributed by atoms with Gasteiger partial charge in [0.1, 0.15) is 5.84 Å². The van der Waals surface area contributed by atoms with Crippen molar-refractivity contribution in [2.75, 3.05) is 0 Å². The Bertz CT molecular complexity index is 327. The fraction of sp³-hybridized carbons (Fsp3) is 0.125. The molecule has 0 fully saturated rings. The number of nitrogens with one attached hydrogen (secondary N) is 1. The largest absolute Gasteiger partial charge is 1.00 e. The maximum Gasteiger partial charge on any atom is 0.416 e. The van der Waals surface area contributed by atoms with Crippen molar-refractivity contribution >= 4 is 5.84 Å². The van der Waals surface area contributed by atoms with E-state index in [0.717, 1.165) is 12.1 Å². The van der Waals surface area contributed by atoms with E-state index in [-0.39, 0.29) is 34.8 Å². The van der Waals surface area contributed by atoms with Crippen molar-refractivity contribution in [3.63, 3.8) is 0 Å². The minimum Gasteiger partial charge on any atom is -1.00 e. The van der Waals surface area contributed by atoms with Gasteiger partial charge in [0, 0.05) is 5.56 Å². The van der Waals surface area contributed by atoms with Gasteiger partial charge < -0.3 is 29.1 Å². The van der Waals surface area contributed by atoms with Gasteiger partial charge in [-0.25, -0.2) is 0 Å². The molecule has 0 aliphatic rings. The maximum absolute atomic E-state index is 12.0. The fourth-order valence-corrected chi connectivity index (χ4v) is 0.839. The molecule has 1 aromatic carbocycles. The maximum atomic E-state index is 12.0. The summed E-state index contributed by atoms with van der Waals surface area (Å²) in [5.74, 6) is -0.242. The van der Waals surface area contributed by atoms with E-state index in [2.05, 4.69) is 0 Å². The van der Waals surface area contributed by atoms with Crippen LogP contribution >= 0.6 is 0 Å². The summed E-state index contributed by atoms with van der Waals surface area (Å²) in [6.07, 6.45) is -4.34. The summed E-state index contributed by atoms with van der Waals surface area (Å²) in [7, 11) is 0. The Morgan fingerprint density at radius 1 is 1.06 bits per heavy atom. The first kappa shape index (κ1) is 20.1. The molecule has 4 nitrogen and oxygen atoms in total. The number of nitrogen functional groups attached to an aromatic ring is 1. The Morgan fingerprint density at radius 3 is 1.69 bits per heavy atom. The van der Waals surface area contributed by atoms with E-state index in [1.807, 2.05) is 0 Å². The van der Waals surface area contributed by atoms with Crippen LogP contribution in [0.4, 0.5) is 13.2 Å². The third-order valence-electron chi connectivity index (χ3n) is 1.52. The molecule has 0 saturated carbocycles. The van der Waals surface area contributed by atoms with Gasteiger partial charge in [-0.05, 0) is 12.1 Å². The van der Waals surface area contributed by atoms with Crippen LogP contribution in [0, 0.1) is 5.41 Å². The van der Waals surface area contributed by atoms with Gasteiger partial charge in [0.05, 0.1) is 5.56 Å². The molecule has 0 bridgehead atoms. The minimum atomic E-state index is -4.34. The van der Waals surface area contributed by atoms with E-state index in [1.54, 1.807) is 0 Å². The summed E-state index contributed by atoms with van der Waals surface area (Å²) < 4.78 is 36.1. The number of halogens is 4. The summed E-state index contributed by atoms with van der Waals surface area (Å²) in [4.78, 5) is 0. The molecule has 0 saturated heterocycles. The van der Waals surface area contributed by atoms with E-state index >= 15 is 0 Å². The molecule has 0 aromatic heterocycles. The van der Waals surface area contributed by atoms with Gasteiger partial charge in [0.15, 0.2) is 0 Å². The molecule has 0 atom stereocenters. The number of nitrogens with two attached hydrogens (primary N) is 1. The van der Waals surface area contributed by atoms with Gasteiger partial charge in [-0.3, -0.25) is 5.41 Å². The molecule has 0 unspecified atom stereocenters. The highest BCUT2D eigenvalue weighted by molar-refractivity contribution is 5.94. The molecule has 0 aliphatic carbocycles. The lowest BCUT2D eigenvalue weighted by Crippen LogP contribution is -3.00. The third kappa shape index (κ3) is 4.96. The Balaban J connectivity index is -0.000000563. The van der Waals surface area contributed by atoms with E-state index in [4.69, 9.17) is 11.1 Å². The molecule has 94 valence electrons. The predicted molar refractivity (Wildman–Crippen MR) is 49.7 cm³/mol. The van der Waals surface area contributed by atoms with Crippen molar-refractivity contribution in [1.29, 1.82) is 5.41 Å². The molecule has 0 heterocycles. The zero-order valence-electron chi connectivity index (χ0n) is 7.90. The summed E-state index contributed by atoms with van der Waals surface area (Å²) in [5, 5.41) is 6.96. The first-order chi connectivity index (χ1) is 5.91. The fourth-order valence-electron chi connectivity index (χ4n) is 0.839. The van der Waals surface area contributed by atoms with Gasteiger partial charge in [0.25, 0.3) is 0 Å². The van der Waals surface area contributed by atoms with Crippen molar-refractivity contribution in [2.24, 2.45) is 5.73 Å². The molecular weight excluding hydrogens is 249 g/mol. The standard InChI is InChI=1S/C8H7F3N2.ClH.2H2O/c9-8(10,11)6-3-1-5(2-4-6)7(12)13;;;/h1-4H,(H3,12,13);1H;2*1H2/p-1. The topological polar surface area (TPSA) is 113 Å². The van der Waals surface area contributed by atoms with Crippen LogP contribution in [0.1, 0.15) is 11.1 Å². The summed E-state index contributed by atoms with van der Waals surface area (Å²) in [6, 6.07) is 4.14. The summed E-state index contributed by atoms with van der Waals surface area (Å²) in [5.41, 5.74) is 4.62. The van der Waals surface area contributed by atoms with Crippen LogP contribution in [0.25, 0.3) is 0 Å². The smallest absolute Gasteiger partial charge is 0.416 e. The van der Waals surface area contributed by atoms with Gasteiger partial charge in [-0.15, -0.1) is 0 Å². The van der Waals surface area contributed by atoms with Crippen LogP contribution in [0.3, 0.4) is 0 Å². The summed E-state index contributed by atoms with van der Waals surface area (Å²) in [6.45, 7) is 0. The molecule has 1 rings (SSSR count). The van der Waals surface area contributed by atoms with Crippen LogP contribution in [0.15, 0.2) is 24.3 Å². The van der Waals surface area contributed by atoms with Crippen molar-refractivity contribution in [3.05, 3.63) is 35.4 Å². The van der Waals surface area contributed by atoms with Crippen LogP contribution in [-0.4, -0.2) is 16.8 Å². The number of benzene rings is 1. The first-order valence-corrected chi connectivity index (χ1v) is 3.43. The molecule has 16 heavy (non-hydrogen) atoms. The number of hydrogen-bond donors (Lipinski definition) is 2. The summed E-state index contributed by atoms with van der Waals surface area (Å²) >= 11 is 0. The third-order valence-corrected chi connectivity index (χ3v) is 1.52. The molecule has 0 aliphatic heterocycles. The average Bonchev–Trinajstić information content (AvgIpc) is 2.03. The lowest BCUT2D eigenvalue weighted by molar-refractivity contribution is -0.137. The Labute approximate surface area is 95.8 Å². The molecule has 0 radical (unpaired) electrons. The van der Waals surface area contributed by atoms with Crippen LogP contribution < -0.4 is 18.1 Å². The highest BCUT2D eigenvalue weighted by atomic mass is 35.5. The molecule has 1 aromatic rings. The zero-order chi connectivity index (χ0) is 10.1. The Hall–Kier alpha value is -1.31. The normalized spacial score (nSPS) is 9.19. The predicted octanol–water partition coefficient (Wildman–Crippen LogP) is -2.66. The lowest BCUT2D eigenvalue weighted by Gasteiger charge is -2.06. The average molecular weight is 260 g/mol. The van der Waals surface area contributed by atoms with Crippen LogP contribution in [-0.2, 0) is 6.18 Å². The van der Waals surface area contributed by atoms with Crippen LogP contribution in [0.5, 0.6) is 0 Å². The number of amidine groups is 1. The van der Waals surface area contributed by atoms with Gasteiger partial charge in [0.2, 0.25) is 0 Å². The van der Waals surface area contributed by atoms with Crippen molar-refractivity contribution in [1.82, 2.24) is 0 Å². The Morgan fingerprint density at radius 2 is 1.44 bits per heavy atom. The van der Waals surface area contributed by atoms with Crippen molar-refractivity contribution in [3.8, 4) is 0 Å². The van der Waals surface area contributed by atoms with Gasteiger partial charge in [-0.2, -0.15) is 13.2 Å². The molecule has 0 spiro atoms. The van der Waals surface area contributed by atoms with Gasteiger partial charge in [-0.1, -0.05) is 12.1 Å². The number of hydrogen-bond acceptors (Lipinski definition) is 1. The van der Waals surface area contributed by atoms with Crippen molar-refractivity contribution < 1.29 is 36.5 Å². The second kappa shape index (κ2) is 7.04. The molecular formula is C8H11ClF3N2O2-. The second-order valence-corrected chi connectivity index (χ2v) is 2.49. The molecule has 7 N–H and O–H groups in total.